The third-order valence-electron chi connectivity index (χ3n) is 5.97. The molecular weight excluding hydrogens is 452 g/mol. The first-order chi connectivity index (χ1) is 16.9. The number of fused-ring (bicyclic) bond motifs is 1. The molecule has 0 unspecified atom stereocenters. The first-order valence-corrected chi connectivity index (χ1v) is 11.4. The third kappa shape index (κ3) is 4.97. The Morgan fingerprint density at radius 1 is 1.06 bits per heavy atom. The molecule has 0 bridgehead atoms. The van der Waals surface area contributed by atoms with Crippen LogP contribution in [0.2, 0.25) is 0 Å². The van der Waals surface area contributed by atoms with Gasteiger partial charge in [-0.15, -0.1) is 0 Å². The summed E-state index contributed by atoms with van der Waals surface area (Å²) in [5.74, 6) is -0.344. The number of benzene rings is 1. The number of aliphatic imine (C=N–C) groups is 1. The van der Waals surface area contributed by atoms with Gasteiger partial charge in [-0.25, -0.2) is 8.78 Å². The van der Waals surface area contributed by atoms with Crippen molar-refractivity contribution in [2.24, 2.45) is 4.99 Å². The molecular formula is C25H27F2N7O. The number of allylic oxidation sites excluding steroid dienone is 3. The highest BCUT2D eigenvalue weighted by Crippen LogP contribution is 2.30. The van der Waals surface area contributed by atoms with Crippen LogP contribution in [0.15, 0.2) is 59.0 Å². The van der Waals surface area contributed by atoms with Crippen molar-refractivity contribution in [3.8, 4) is 5.75 Å². The molecule has 2 aliphatic heterocycles. The number of hydrogen-bond acceptors (Lipinski definition) is 6. The predicted molar refractivity (Wildman–Crippen MR) is 132 cm³/mol. The largest absolute Gasteiger partial charge is 0.436 e. The highest BCUT2D eigenvalue weighted by molar-refractivity contribution is 5.92. The topological polar surface area (TPSA) is 84.6 Å². The summed E-state index contributed by atoms with van der Waals surface area (Å²) in [6, 6.07) is 4.43. The Morgan fingerprint density at radius 3 is 2.60 bits per heavy atom. The van der Waals surface area contributed by atoms with Crippen LogP contribution in [-0.2, 0) is 0 Å². The van der Waals surface area contributed by atoms with Gasteiger partial charge in [-0.1, -0.05) is 6.08 Å². The van der Waals surface area contributed by atoms with Gasteiger partial charge in [0.15, 0.2) is 23.2 Å². The van der Waals surface area contributed by atoms with Gasteiger partial charge in [-0.3, -0.25) is 5.10 Å². The number of aryl methyl sites for hydroxylation is 2. The number of piperazine rings is 1. The summed E-state index contributed by atoms with van der Waals surface area (Å²) in [5.41, 5.74) is 2.64. The Kier molecular flexibility index (Phi) is 6.12. The van der Waals surface area contributed by atoms with E-state index in [1.54, 1.807) is 25.1 Å². The first kappa shape index (κ1) is 22.9. The number of H-pyrrole nitrogens is 2. The molecule has 2 aromatic heterocycles. The molecule has 1 fully saturated rings. The van der Waals surface area contributed by atoms with Crippen LogP contribution < -0.4 is 10.1 Å². The molecule has 2 aliphatic rings. The van der Waals surface area contributed by atoms with Gasteiger partial charge in [0.05, 0.1) is 5.52 Å². The molecule has 3 N–H and O–H groups in total. The SMILES string of the molecule is Cc1cc(NC2=C/C(N3CCN(C)CC3)=C/C=C/C(Oc3cc(F)c4[nH]c(C)cc4c3F)=N2)n[nH]1. The van der Waals surface area contributed by atoms with E-state index < -0.39 is 11.6 Å². The van der Waals surface area contributed by atoms with Crippen molar-refractivity contribution in [3.63, 3.8) is 0 Å². The summed E-state index contributed by atoms with van der Waals surface area (Å²) in [4.78, 5) is 12.0. The molecule has 0 saturated carbocycles. The maximum absolute atomic E-state index is 15.1. The van der Waals surface area contributed by atoms with Crippen molar-refractivity contribution >= 4 is 22.6 Å². The lowest BCUT2D eigenvalue weighted by Gasteiger charge is -2.34. The fraction of sp³-hybridized carbons (Fsp3) is 0.280. The van der Waals surface area contributed by atoms with Gasteiger partial charge >= 0.3 is 0 Å². The number of likely N-dealkylation sites (N-methyl/N-ethyl adjacent to an activating group) is 1. The maximum atomic E-state index is 15.1. The lowest BCUT2D eigenvalue weighted by atomic mass is 10.2. The van der Waals surface area contributed by atoms with Crippen LogP contribution in [-0.4, -0.2) is 64.1 Å². The van der Waals surface area contributed by atoms with E-state index >= 15 is 4.39 Å². The standard InChI is InChI=1S/C25H27F2N7O/c1-15-11-18-24(27)20(14-19(26)25(18)28-15)35-23-6-4-5-17(34-9-7-33(3)8-10-34)13-21(30-23)29-22-12-16(2)31-32-22/h4-6,11-14,28H,7-10H2,1-3H3,(H2,29,30,31,32). The minimum atomic E-state index is -0.654. The first-order valence-electron chi connectivity index (χ1n) is 11.4. The zero-order valence-corrected chi connectivity index (χ0v) is 19.8. The third-order valence-corrected chi connectivity index (χ3v) is 5.97. The van der Waals surface area contributed by atoms with Crippen LogP contribution >= 0.6 is 0 Å². The lowest BCUT2D eigenvalue weighted by molar-refractivity contribution is 0.190. The number of hydrogen-bond donors (Lipinski definition) is 3. The van der Waals surface area contributed by atoms with Crippen LogP contribution in [0.5, 0.6) is 5.75 Å². The van der Waals surface area contributed by atoms with Crippen LogP contribution in [0, 0.1) is 25.5 Å². The van der Waals surface area contributed by atoms with E-state index in [0.717, 1.165) is 43.6 Å². The molecule has 0 atom stereocenters. The van der Waals surface area contributed by atoms with E-state index in [1.165, 1.54) is 0 Å². The number of aromatic amines is 2. The van der Waals surface area contributed by atoms with E-state index in [9.17, 15) is 4.39 Å². The van der Waals surface area contributed by atoms with Gasteiger partial charge in [0.25, 0.3) is 0 Å². The van der Waals surface area contributed by atoms with Gasteiger partial charge < -0.3 is 24.8 Å². The van der Waals surface area contributed by atoms with Crippen molar-refractivity contribution in [2.75, 3.05) is 38.5 Å². The number of ether oxygens (including phenoxy) is 1. The molecule has 3 aromatic rings. The predicted octanol–water partition coefficient (Wildman–Crippen LogP) is 4.22. The van der Waals surface area contributed by atoms with Crippen LogP contribution in [0.1, 0.15) is 11.4 Å². The molecule has 182 valence electrons. The Labute approximate surface area is 201 Å². The normalized spacial score (nSPS) is 19.5. The van der Waals surface area contributed by atoms with Crippen LogP contribution in [0.25, 0.3) is 10.9 Å². The Morgan fingerprint density at radius 2 is 1.86 bits per heavy atom. The number of aromatic nitrogens is 3. The molecule has 0 spiro atoms. The van der Waals surface area contributed by atoms with E-state index in [2.05, 4.69) is 42.3 Å². The second-order valence-electron chi connectivity index (χ2n) is 8.80. The quantitative estimate of drug-likeness (QED) is 0.522. The summed E-state index contributed by atoms with van der Waals surface area (Å²) in [6.07, 6.45) is 7.28. The van der Waals surface area contributed by atoms with Crippen LogP contribution in [0.4, 0.5) is 14.6 Å². The van der Waals surface area contributed by atoms with E-state index in [0.29, 0.717) is 17.3 Å². The average Bonchev–Trinajstić information content (AvgIpc) is 3.40. The number of nitrogens with zero attached hydrogens (tertiary/aromatic N) is 4. The Hall–Kier alpha value is -3.92. The molecule has 5 rings (SSSR count). The molecule has 0 amide bonds. The van der Waals surface area contributed by atoms with Crippen molar-refractivity contribution in [2.45, 2.75) is 13.8 Å². The summed E-state index contributed by atoms with van der Waals surface area (Å²) in [5, 5.41) is 10.4. The zero-order valence-electron chi connectivity index (χ0n) is 19.8. The average molecular weight is 480 g/mol. The lowest BCUT2D eigenvalue weighted by Crippen LogP contribution is -2.43. The molecule has 4 heterocycles. The van der Waals surface area contributed by atoms with Crippen molar-refractivity contribution < 1.29 is 13.5 Å². The van der Waals surface area contributed by atoms with Gasteiger partial charge in [-0.05, 0) is 33.0 Å². The number of rotatable bonds is 4. The molecule has 0 radical (unpaired) electrons. The van der Waals surface area contributed by atoms with Gasteiger partial charge in [0.2, 0.25) is 5.90 Å². The van der Waals surface area contributed by atoms with Gasteiger partial charge in [-0.2, -0.15) is 10.1 Å². The van der Waals surface area contributed by atoms with E-state index in [4.69, 9.17) is 4.74 Å². The fourth-order valence-corrected chi connectivity index (χ4v) is 4.12. The molecule has 8 nitrogen and oxygen atoms in total. The Bertz CT molecular complexity index is 1370. The minimum Gasteiger partial charge on any atom is -0.436 e. The highest BCUT2D eigenvalue weighted by Gasteiger charge is 2.19. The van der Waals surface area contributed by atoms with Crippen molar-refractivity contribution in [1.82, 2.24) is 25.0 Å². The maximum Gasteiger partial charge on any atom is 0.221 e. The summed E-state index contributed by atoms with van der Waals surface area (Å²) >= 11 is 0. The number of anilines is 1. The van der Waals surface area contributed by atoms with E-state index in [-0.39, 0.29) is 22.6 Å². The number of halogens is 2. The van der Waals surface area contributed by atoms with E-state index in [1.807, 2.05) is 25.1 Å². The zero-order chi connectivity index (χ0) is 24.5. The molecule has 1 aromatic carbocycles. The second-order valence-corrected chi connectivity index (χ2v) is 8.80. The molecule has 35 heavy (non-hydrogen) atoms. The fourth-order valence-electron chi connectivity index (χ4n) is 4.12. The molecule has 1 saturated heterocycles. The van der Waals surface area contributed by atoms with Crippen molar-refractivity contribution in [3.05, 3.63) is 77.0 Å². The smallest absolute Gasteiger partial charge is 0.221 e. The summed E-state index contributed by atoms with van der Waals surface area (Å²) < 4.78 is 35.5. The van der Waals surface area contributed by atoms with Gasteiger partial charge in [0, 0.05) is 72.9 Å². The van der Waals surface area contributed by atoms with Gasteiger partial charge in [0.1, 0.15) is 5.82 Å². The highest BCUT2D eigenvalue weighted by atomic mass is 19.1. The monoisotopic (exact) mass is 479 g/mol. The number of nitrogens with one attached hydrogen (secondary N) is 3. The summed E-state index contributed by atoms with van der Waals surface area (Å²) in [7, 11) is 2.11. The minimum absolute atomic E-state index is 0.106. The van der Waals surface area contributed by atoms with Crippen LogP contribution in [0.3, 0.4) is 0 Å². The Balaban J connectivity index is 1.48. The molecule has 10 heteroatoms. The molecule has 0 aliphatic carbocycles. The van der Waals surface area contributed by atoms with Crippen molar-refractivity contribution in [1.29, 1.82) is 0 Å². The second kappa shape index (κ2) is 9.38. The summed E-state index contributed by atoms with van der Waals surface area (Å²) in [6.45, 7) is 7.33.